The lowest BCUT2D eigenvalue weighted by molar-refractivity contribution is 0.349. The third-order valence-electron chi connectivity index (χ3n) is 3.85. The van der Waals surface area contributed by atoms with Gasteiger partial charge in [-0.15, -0.1) is 0 Å². The van der Waals surface area contributed by atoms with Gasteiger partial charge in [0.2, 0.25) is 0 Å². The van der Waals surface area contributed by atoms with Crippen LogP contribution in [0.2, 0.25) is 0 Å². The second-order valence-electron chi connectivity index (χ2n) is 5.37. The average Bonchev–Trinajstić information content (AvgIpc) is 2.90. The summed E-state index contributed by atoms with van der Waals surface area (Å²) in [5.74, 6) is 1.13. The number of aryl methyl sites for hydroxylation is 1. The molecule has 1 unspecified atom stereocenters. The lowest BCUT2D eigenvalue weighted by Crippen LogP contribution is -2.38. The first-order valence-electron chi connectivity index (χ1n) is 6.79. The maximum Gasteiger partial charge on any atom is 0.138 e. The van der Waals surface area contributed by atoms with Gasteiger partial charge in [-0.2, -0.15) is 5.10 Å². The molecule has 0 amide bonds. The first-order valence-corrected chi connectivity index (χ1v) is 6.79. The molecule has 1 atom stereocenters. The Balaban J connectivity index is 2.03. The predicted octanol–water partition coefficient (Wildman–Crippen LogP) is 2.01. The normalized spacial score (nSPS) is 19.2. The van der Waals surface area contributed by atoms with Gasteiger partial charge in [-0.1, -0.05) is 20.8 Å². The van der Waals surface area contributed by atoms with E-state index >= 15 is 0 Å². The van der Waals surface area contributed by atoms with Gasteiger partial charge < -0.3 is 5.32 Å². The van der Waals surface area contributed by atoms with E-state index in [9.17, 15) is 0 Å². The van der Waals surface area contributed by atoms with E-state index in [1.807, 2.05) is 0 Å². The molecule has 1 saturated carbocycles. The van der Waals surface area contributed by atoms with Crippen LogP contribution in [0, 0.1) is 5.41 Å². The summed E-state index contributed by atoms with van der Waals surface area (Å²) in [6.07, 6.45) is 6.48. The van der Waals surface area contributed by atoms with Gasteiger partial charge in [-0.3, -0.25) is 4.68 Å². The monoisotopic (exact) mass is 236 g/mol. The van der Waals surface area contributed by atoms with Gasteiger partial charge in [0.15, 0.2) is 0 Å². The molecule has 17 heavy (non-hydrogen) atoms. The van der Waals surface area contributed by atoms with Crippen LogP contribution in [0.1, 0.15) is 45.9 Å². The summed E-state index contributed by atoms with van der Waals surface area (Å²) in [5.41, 5.74) is 0.485. The molecule has 0 aromatic carbocycles. The Morgan fingerprint density at radius 2 is 2.24 bits per heavy atom. The fourth-order valence-corrected chi connectivity index (χ4v) is 2.38. The summed E-state index contributed by atoms with van der Waals surface area (Å²) in [6.45, 7) is 8.73. The van der Waals surface area contributed by atoms with Crippen molar-refractivity contribution in [3.05, 3.63) is 12.2 Å². The molecule has 1 aliphatic carbocycles. The molecule has 1 aromatic heterocycles. The Bertz CT molecular complexity index is 354. The van der Waals surface area contributed by atoms with Crippen molar-refractivity contribution in [2.75, 3.05) is 6.54 Å². The molecule has 1 N–H and O–H groups in total. The second kappa shape index (κ2) is 5.17. The van der Waals surface area contributed by atoms with Gasteiger partial charge in [0.1, 0.15) is 12.2 Å². The van der Waals surface area contributed by atoms with E-state index in [1.54, 1.807) is 6.33 Å². The summed E-state index contributed by atoms with van der Waals surface area (Å²) in [5, 5.41) is 7.91. The van der Waals surface area contributed by atoms with Crippen LogP contribution >= 0.6 is 0 Å². The minimum atomic E-state index is 0.485. The number of nitrogens with one attached hydrogen (secondary N) is 1. The summed E-state index contributed by atoms with van der Waals surface area (Å²) >= 11 is 0. The Hall–Kier alpha value is -0.900. The maximum atomic E-state index is 4.41. The van der Waals surface area contributed by atoms with Crippen LogP contribution in [0.3, 0.4) is 0 Å². The van der Waals surface area contributed by atoms with Crippen LogP contribution in [0.15, 0.2) is 6.33 Å². The lowest BCUT2D eigenvalue weighted by atomic mass is 9.95. The number of hydrogen-bond acceptors (Lipinski definition) is 3. The molecular formula is C13H24N4. The van der Waals surface area contributed by atoms with Crippen LogP contribution in [0.5, 0.6) is 0 Å². The standard InChI is InChI=1S/C13H24N4/c1-4-8-17-12(15-10-16-17)9-11(14-5-2)13(3)6-7-13/h10-11,14H,4-9H2,1-3H3. The van der Waals surface area contributed by atoms with E-state index in [4.69, 9.17) is 0 Å². The summed E-state index contributed by atoms with van der Waals surface area (Å²) in [7, 11) is 0. The van der Waals surface area contributed by atoms with Gasteiger partial charge >= 0.3 is 0 Å². The quantitative estimate of drug-likeness (QED) is 0.787. The fourth-order valence-electron chi connectivity index (χ4n) is 2.38. The Labute approximate surface area is 104 Å². The Morgan fingerprint density at radius 1 is 1.47 bits per heavy atom. The molecule has 4 heteroatoms. The molecule has 0 radical (unpaired) electrons. The van der Waals surface area contributed by atoms with Crippen molar-refractivity contribution in [3.8, 4) is 0 Å². The van der Waals surface area contributed by atoms with E-state index in [0.29, 0.717) is 11.5 Å². The molecule has 96 valence electrons. The van der Waals surface area contributed by atoms with Gasteiger partial charge in [0, 0.05) is 19.0 Å². The maximum absolute atomic E-state index is 4.41. The zero-order valence-corrected chi connectivity index (χ0v) is 11.2. The molecule has 1 heterocycles. The molecule has 2 rings (SSSR count). The first-order chi connectivity index (χ1) is 8.19. The largest absolute Gasteiger partial charge is 0.313 e. The highest BCUT2D eigenvalue weighted by atomic mass is 15.3. The number of rotatable bonds is 7. The van der Waals surface area contributed by atoms with Crippen LogP contribution < -0.4 is 5.32 Å². The Kier molecular flexibility index (Phi) is 3.82. The zero-order valence-electron chi connectivity index (χ0n) is 11.2. The molecule has 0 bridgehead atoms. The molecule has 1 aromatic rings. The summed E-state index contributed by atoms with van der Waals surface area (Å²) in [4.78, 5) is 4.41. The van der Waals surface area contributed by atoms with Crippen LogP contribution in [0.4, 0.5) is 0 Å². The zero-order chi connectivity index (χ0) is 12.3. The van der Waals surface area contributed by atoms with E-state index in [1.165, 1.54) is 12.8 Å². The summed E-state index contributed by atoms with van der Waals surface area (Å²) < 4.78 is 2.05. The highest BCUT2D eigenvalue weighted by Gasteiger charge is 2.44. The topological polar surface area (TPSA) is 42.7 Å². The Morgan fingerprint density at radius 3 is 2.82 bits per heavy atom. The highest BCUT2D eigenvalue weighted by Crippen LogP contribution is 2.48. The SMILES string of the molecule is CCCn1ncnc1CC(NCC)C1(C)CC1. The van der Waals surface area contributed by atoms with Crippen LogP contribution in [-0.4, -0.2) is 27.4 Å². The molecule has 0 saturated heterocycles. The number of likely N-dealkylation sites (N-methyl/N-ethyl adjacent to an activating group) is 1. The predicted molar refractivity (Wildman–Crippen MR) is 68.8 cm³/mol. The molecule has 1 aliphatic rings. The van der Waals surface area contributed by atoms with E-state index in [2.05, 4.69) is 40.9 Å². The minimum Gasteiger partial charge on any atom is -0.313 e. The fraction of sp³-hybridized carbons (Fsp3) is 0.846. The molecule has 0 spiro atoms. The van der Waals surface area contributed by atoms with Crippen molar-refractivity contribution in [3.63, 3.8) is 0 Å². The number of aromatic nitrogens is 3. The first kappa shape index (κ1) is 12.6. The van der Waals surface area contributed by atoms with Crippen molar-refractivity contribution in [2.24, 2.45) is 5.41 Å². The molecular weight excluding hydrogens is 212 g/mol. The van der Waals surface area contributed by atoms with Gasteiger partial charge in [0.25, 0.3) is 0 Å². The molecule has 1 fully saturated rings. The average molecular weight is 236 g/mol. The smallest absolute Gasteiger partial charge is 0.138 e. The minimum absolute atomic E-state index is 0.485. The van der Waals surface area contributed by atoms with Gasteiger partial charge in [0.05, 0.1) is 0 Å². The van der Waals surface area contributed by atoms with Crippen molar-refractivity contribution in [1.82, 2.24) is 20.1 Å². The van der Waals surface area contributed by atoms with Crippen LogP contribution in [-0.2, 0) is 13.0 Å². The van der Waals surface area contributed by atoms with E-state index in [0.717, 1.165) is 31.8 Å². The third kappa shape index (κ3) is 2.86. The second-order valence-corrected chi connectivity index (χ2v) is 5.37. The van der Waals surface area contributed by atoms with E-state index < -0.39 is 0 Å². The van der Waals surface area contributed by atoms with Crippen molar-refractivity contribution >= 4 is 0 Å². The highest BCUT2D eigenvalue weighted by molar-refractivity contribution is 5.03. The summed E-state index contributed by atoms with van der Waals surface area (Å²) in [6, 6.07) is 0.548. The number of hydrogen-bond donors (Lipinski definition) is 1. The van der Waals surface area contributed by atoms with Crippen LogP contribution in [0.25, 0.3) is 0 Å². The lowest BCUT2D eigenvalue weighted by Gasteiger charge is -2.24. The molecule has 0 aliphatic heterocycles. The van der Waals surface area contributed by atoms with E-state index in [-0.39, 0.29) is 0 Å². The number of nitrogens with zero attached hydrogens (tertiary/aromatic N) is 3. The molecule has 4 nitrogen and oxygen atoms in total. The van der Waals surface area contributed by atoms with Crippen molar-refractivity contribution < 1.29 is 0 Å². The van der Waals surface area contributed by atoms with Gasteiger partial charge in [-0.05, 0) is 31.2 Å². The van der Waals surface area contributed by atoms with Crippen molar-refractivity contribution in [1.29, 1.82) is 0 Å². The van der Waals surface area contributed by atoms with Gasteiger partial charge in [-0.25, -0.2) is 4.98 Å². The third-order valence-corrected chi connectivity index (χ3v) is 3.85. The van der Waals surface area contributed by atoms with Crippen molar-refractivity contribution in [2.45, 2.75) is 59.0 Å².